The first-order chi connectivity index (χ1) is 11.8. The van der Waals surface area contributed by atoms with Crippen LogP contribution < -0.4 is 0 Å². The van der Waals surface area contributed by atoms with E-state index in [0.29, 0.717) is 22.2 Å². The van der Waals surface area contributed by atoms with Crippen LogP contribution in [0.5, 0.6) is 5.75 Å². The van der Waals surface area contributed by atoms with Crippen molar-refractivity contribution in [3.05, 3.63) is 77.9 Å². The molecule has 0 spiro atoms. The molecule has 24 heavy (non-hydrogen) atoms. The molecule has 0 aliphatic rings. The van der Waals surface area contributed by atoms with Gasteiger partial charge in [-0.1, -0.05) is 54.6 Å². The normalized spacial score (nSPS) is 10.8. The van der Waals surface area contributed by atoms with Crippen molar-refractivity contribution in [2.75, 3.05) is 0 Å². The van der Waals surface area contributed by atoms with Crippen molar-refractivity contribution in [1.29, 1.82) is 0 Å². The molecule has 4 rings (SSSR count). The number of para-hydroxylation sites is 2. The van der Waals surface area contributed by atoms with Gasteiger partial charge >= 0.3 is 0 Å². The summed E-state index contributed by atoms with van der Waals surface area (Å²) < 4.78 is 0. The molecule has 0 aliphatic heterocycles. The second kappa shape index (κ2) is 5.62. The van der Waals surface area contributed by atoms with Gasteiger partial charge in [0.05, 0.1) is 5.56 Å². The third kappa shape index (κ3) is 2.23. The summed E-state index contributed by atoms with van der Waals surface area (Å²) in [6.45, 7) is 0. The maximum Gasteiger partial charge on any atom is 0.196 e. The molecule has 0 fully saturated rings. The second-order valence-corrected chi connectivity index (χ2v) is 5.39. The Bertz CT molecular complexity index is 1040. The number of carbonyl (C=O) groups is 1. The van der Waals surface area contributed by atoms with Crippen LogP contribution in [0.1, 0.15) is 15.9 Å². The highest BCUT2D eigenvalue weighted by Gasteiger charge is 2.18. The molecule has 0 radical (unpaired) electrons. The summed E-state index contributed by atoms with van der Waals surface area (Å²) in [6.07, 6.45) is 0. The number of aromatic hydroxyl groups is 1. The topological polar surface area (TPSA) is 78.9 Å². The zero-order chi connectivity index (χ0) is 16.5. The van der Waals surface area contributed by atoms with Crippen LogP contribution in [0, 0.1) is 0 Å². The third-order valence-corrected chi connectivity index (χ3v) is 3.95. The Hall–Kier alpha value is -3.47. The van der Waals surface area contributed by atoms with Gasteiger partial charge in [0.1, 0.15) is 16.8 Å². The number of nitrogens with zero attached hydrogens (tertiary/aromatic N) is 2. The number of fused-ring (bicyclic) bond motifs is 1. The van der Waals surface area contributed by atoms with E-state index in [4.69, 9.17) is 0 Å². The van der Waals surface area contributed by atoms with Crippen LogP contribution in [-0.4, -0.2) is 26.3 Å². The average molecular weight is 315 g/mol. The van der Waals surface area contributed by atoms with Crippen molar-refractivity contribution in [2.24, 2.45) is 0 Å². The molecule has 0 unspecified atom stereocenters. The highest BCUT2D eigenvalue weighted by Crippen LogP contribution is 2.36. The Morgan fingerprint density at radius 2 is 1.58 bits per heavy atom. The molecule has 4 aromatic rings. The van der Waals surface area contributed by atoms with Crippen LogP contribution >= 0.6 is 0 Å². The number of rotatable bonds is 3. The van der Waals surface area contributed by atoms with Crippen LogP contribution in [0.25, 0.3) is 22.2 Å². The molecule has 0 aliphatic carbocycles. The van der Waals surface area contributed by atoms with Crippen molar-refractivity contribution in [1.82, 2.24) is 15.4 Å². The van der Waals surface area contributed by atoms with Crippen LogP contribution in [0.15, 0.2) is 66.7 Å². The van der Waals surface area contributed by atoms with Gasteiger partial charge in [0, 0.05) is 16.7 Å². The van der Waals surface area contributed by atoms with Gasteiger partial charge < -0.3 is 5.11 Å². The molecule has 0 atom stereocenters. The van der Waals surface area contributed by atoms with Crippen molar-refractivity contribution < 1.29 is 9.90 Å². The Labute approximate surface area is 137 Å². The van der Waals surface area contributed by atoms with Gasteiger partial charge in [-0.2, -0.15) is 15.4 Å². The molecule has 2 N–H and O–H groups in total. The van der Waals surface area contributed by atoms with Crippen molar-refractivity contribution in [3.8, 4) is 16.9 Å². The first-order valence-corrected chi connectivity index (χ1v) is 7.47. The minimum atomic E-state index is -0.220. The Morgan fingerprint density at radius 1 is 0.833 bits per heavy atom. The average Bonchev–Trinajstić information content (AvgIpc) is 3.11. The smallest absolute Gasteiger partial charge is 0.196 e. The summed E-state index contributed by atoms with van der Waals surface area (Å²) >= 11 is 0. The third-order valence-electron chi connectivity index (χ3n) is 3.95. The summed E-state index contributed by atoms with van der Waals surface area (Å²) in [5.41, 5.74) is 3.42. The summed E-state index contributed by atoms with van der Waals surface area (Å²) in [6, 6.07) is 19.6. The molecular formula is C19H13N3O2. The maximum absolute atomic E-state index is 12.7. The van der Waals surface area contributed by atoms with Crippen molar-refractivity contribution in [3.63, 3.8) is 0 Å². The number of aromatic amines is 1. The van der Waals surface area contributed by atoms with Crippen LogP contribution in [0.4, 0.5) is 0 Å². The van der Waals surface area contributed by atoms with Crippen LogP contribution in [-0.2, 0) is 0 Å². The van der Waals surface area contributed by atoms with E-state index in [9.17, 15) is 9.90 Å². The first-order valence-electron chi connectivity index (χ1n) is 7.47. The van der Waals surface area contributed by atoms with E-state index in [-0.39, 0.29) is 17.1 Å². The van der Waals surface area contributed by atoms with Gasteiger partial charge in [-0.05, 0) is 12.1 Å². The largest absolute Gasteiger partial charge is 0.507 e. The number of carbonyl (C=O) groups excluding carboxylic acids is 1. The molecule has 0 bridgehead atoms. The van der Waals surface area contributed by atoms with Crippen molar-refractivity contribution >= 4 is 16.8 Å². The number of benzene rings is 3. The van der Waals surface area contributed by atoms with Gasteiger partial charge in [0.25, 0.3) is 0 Å². The lowest BCUT2D eigenvalue weighted by atomic mass is 9.96. The quantitative estimate of drug-likeness (QED) is 0.567. The molecule has 1 aromatic heterocycles. The van der Waals surface area contributed by atoms with Gasteiger partial charge in [-0.3, -0.25) is 4.79 Å². The number of hydrogen-bond acceptors (Lipinski definition) is 4. The van der Waals surface area contributed by atoms with Gasteiger partial charge in [0.2, 0.25) is 0 Å². The van der Waals surface area contributed by atoms with Crippen LogP contribution in [0.3, 0.4) is 0 Å². The Balaban J connectivity index is 1.88. The number of phenolic OH excluding ortho intramolecular Hbond substituents is 1. The van der Waals surface area contributed by atoms with Gasteiger partial charge in [-0.25, -0.2) is 0 Å². The minimum absolute atomic E-state index is 0.0538. The summed E-state index contributed by atoms with van der Waals surface area (Å²) in [7, 11) is 0. The lowest BCUT2D eigenvalue weighted by Gasteiger charge is -2.10. The highest BCUT2D eigenvalue weighted by molar-refractivity contribution is 6.12. The zero-order valence-corrected chi connectivity index (χ0v) is 12.6. The SMILES string of the molecule is O=C(c1ccccc1)c1cccc(-c2cccc3n[nH]nc23)c1O. The fourth-order valence-electron chi connectivity index (χ4n) is 2.77. The molecule has 5 nitrogen and oxygen atoms in total. The van der Waals surface area contributed by atoms with E-state index in [0.717, 1.165) is 5.56 Å². The van der Waals surface area contributed by atoms with E-state index < -0.39 is 0 Å². The fourth-order valence-corrected chi connectivity index (χ4v) is 2.77. The maximum atomic E-state index is 12.7. The minimum Gasteiger partial charge on any atom is -0.507 e. The molecule has 1 heterocycles. The number of phenols is 1. The molecule has 0 saturated heterocycles. The fraction of sp³-hybridized carbons (Fsp3) is 0. The van der Waals surface area contributed by atoms with Gasteiger partial charge in [-0.15, -0.1) is 0 Å². The lowest BCUT2D eigenvalue weighted by Crippen LogP contribution is -2.02. The van der Waals surface area contributed by atoms with E-state index in [2.05, 4.69) is 15.4 Å². The highest BCUT2D eigenvalue weighted by atomic mass is 16.3. The van der Waals surface area contributed by atoms with E-state index in [1.165, 1.54) is 0 Å². The van der Waals surface area contributed by atoms with Gasteiger partial charge in [0.15, 0.2) is 5.78 Å². The number of hydrogen-bond donors (Lipinski definition) is 2. The van der Waals surface area contributed by atoms with Crippen LogP contribution in [0.2, 0.25) is 0 Å². The molecular weight excluding hydrogens is 302 g/mol. The molecule has 0 saturated carbocycles. The van der Waals surface area contributed by atoms with Crippen molar-refractivity contribution in [2.45, 2.75) is 0 Å². The van der Waals surface area contributed by atoms with E-state index in [1.54, 1.807) is 42.5 Å². The molecule has 116 valence electrons. The predicted molar refractivity (Wildman–Crippen MR) is 90.9 cm³/mol. The molecule has 3 aromatic carbocycles. The zero-order valence-electron chi connectivity index (χ0n) is 12.6. The lowest BCUT2D eigenvalue weighted by molar-refractivity contribution is 0.103. The van der Waals surface area contributed by atoms with E-state index >= 15 is 0 Å². The summed E-state index contributed by atoms with van der Waals surface area (Å²) in [5, 5.41) is 21.5. The summed E-state index contributed by atoms with van der Waals surface area (Å²) in [4.78, 5) is 12.7. The monoisotopic (exact) mass is 315 g/mol. The number of aromatic nitrogens is 3. The predicted octanol–water partition coefficient (Wildman–Crippen LogP) is 3.56. The number of nitrogens with one attached hydrogen (secondary N) is 1. The van der Waals surface area contributed by atoms with E-state index in [1.807, 2.05) is 24.3 Å². The molecule has 0 amide bonds. The summed E-state index contributed by atoms with van der Waals surface area (Å²) in [5.74, 6) is -0.274. The second-order valence-electron chi connectivity index (χ2n) is 5.39. The number of ketones is 1. The first kappa shape index (κ1) is 14.1. The molecule has 5 heteroatoms. The number of H-pyrrole nitrogens is 1. The Morgan fingerprint density at radius 3 is 2.42 bits per heavy atom. The standard InChI is InChI=1S/C19H13N3O2/c23-18(12-6-2-1-3-7-12)15-10-4-9-14(19(15)24)13-8-5-11-16-17(13)21-22-20-16/h1-11,24H,(H,20,21,22). The Kier molecular flexibility index (Phi) is 3.31.